The van der Waals surface area contributed by atoms with Crippen molar-refractivity contribution in [1.82, 2.24) is 10.3 Å². The van der Waals surface area contributed by atoms with Gasteiger partial charge >= 0.3 is 5.97 Å². The monoisotopic (exact) mass is 277 g/mol. The third kappa shape index (κ3) is 2.89. The van der Waals surface area contributed by atoms with Crippen LogP contribution in [0.2, 0.25) is 0 Å². The van der Waals surface area contributed by atoms with Crippen molar-refractivity contribution in [2.75, 3.05) is 5.73 Å². The second-order valence-corrected chi connectivity index (χ2v) is 5.20. The normalized spacial score (nSPS) is 18.0. The summed E-state index contributed by atoms with van der Waals surface area (Å²) in [6.45, 7) is 0. The summed E-state index contributed by atoms with van der Waals surface area (Å²) < 4.78 is 0. The highest BCUT2D eigenvalue weighted by Crippen LogP contribution is 2.28. The molecule has 1 aromatic heterocycles. The number of anilines is 1. The predicted molar refractivity (Wildman–Crippen MR) is 74.2 cm³/mol. The van der Waals surface area contributed by atoms with Crippen LogP contribution >= 0.6 is 0 Å². The fourth-order valence-corrected chi connectivity index (χ4v) is 2.61. The SMILES string of the molecule is Nc1cccnc1C(=O)NC1(C(=O)O)CCCCCC1. The lowest BCUT2D eigenvalue weighted by Crippen LogP contribution is -2.54. The van der Waals surface area contributed by atoms with E-state index in [2.05, 4.69) is 10.3 Å². The van der Waals surface area contributed by atoms with Gasteiger partial charge in [-0.25, -0.2) is 9.78 Å². The zero-order chi connectivity index (χ0) is 14.6. The molecule has 1 aliphatic rings. The van der Waals surface area contributed by atoms with Crippen molar-refractivity contribution in [3.63, 3.8) is 0 Å². The molecule has 0 spiro atoms. The highest BCUT2D eigenvalue weighted by atomic mass is 16.4. The van der Waals surface area contributed by atoms with E-state index >= 15 is 0 Å². The summed E-state index contributed by atoms with van der Waals surface area (Å²) in [6, 6.07) is 3.20. The first-order valence-electron chi connectivity index (χ1n) is 6.81. The number of carbonyl (C=O) groups is 2. The van der Waals surface area contributed by atoms with E-state index < -0.39 is 17.4 Å². The number of nitrogens with one attached hydrogen (secondary N) is 1. The number of carboxylic acid groups (broad SMARTS) is 1. The molecule has 0 unspecified atom stereocenters. The average molecular weight is 277 g/mol. The molecule has 1 aromatic rings. The van der Waals surface area contributed by atoms with Crippen LogP contribution in [0.25, 0.3) is 0 Å². The molecule has 0 bridgehead atoms. The molecule has 0 aliphatic heterocycles. The maximum absolute atomic E-state index is 12.2. The second-order valence-electron chi connectivity index (χ2n) is 5.20. The van der Waals surface area contributed by atoms with E-state index in [-0.39, 0.29) is 11.4 Å². The third-order valence-electron chi connectivity index (χ3n) is 3.77. The molecule has 1 fully saturated rings. The molecular weight excluding hydrogens is 258 g/mol. The average Bonchev–Trinajstić information content (AvgIpc) is 2.65. The van der Waals surface area contributed by atoms with Crippen molar-refractivity contribution in [3.8, 4) is 0 Å². The van der Waals surface area contributed by atoms with Gasteiger partial charge in [0.05, 0.1) is 5.69 Å². The Hall–Kier alpha value is -2.11. The van der Waals surface area contributed by atoms with Crippen molar-refractivity contribution in [1.29, 1.82) is 0 Å². The molecule has 1 aliphatic carbocycles. The molecule has 108 valence electrons. The number of hydrogen-bond donors (Lipinski definition) is 3. The molecule has 0 aromatic carbocycles. The van der Waals surface area contributed by atoms with E-state index in [4.69, 9.17) is 5.73 Å². The van der Waals surface area contributed by atoms with E-state index in [1.807, 2.05) is 0 Å². The molecule has 6 heteroatoms. The number of nitrogens with two attached hydrogens (primary N) is 1. The van der Waals surface area contributed by atoms with Gasteiger partial charge in [0, 0.05) is 6.20 Å². The molecule has 1 saturated carbocycles. The van der Waals surface area contributed by atoms with Crippen molar-refractivity contribution in [2.45, 2.75) is 44.1 Å². The second kappa shape index (κ2) is 5.90. The number of amides is 1. The molecular formula is C14H19N3O3. The number of hydrogen-bond acceptors (Lipinski definition) is 4. The van der Waals surface area contributed by atoms with Crippen LogP contribution in [-0.4, -0.2) is 27.5 Å². The van der Waals surface area contributed by atoms with Crippen LogP contribution in [0.5, 0.6) is 0 Å². The lowest BCUT2D eigenvalue weighted by atomic mass is 9.90. The van der Waals surface area contributed by atoms with Gasteiger partial charge in [0.1, 0.15) is 5.54 Å². The van der Waals surface area contributed by atoms with Gasteiger partial charge < -0.3 is 16.2 Å². The predicted octanol–water partition coefficient (Wildman–Crippen LogP) is 1.57. The van der Waals surface area contributed by atoms with Gasteiger partial charge in [-0.3, -0.25) is 4.79 Å². The maximum Gasteiger partial charge on any atom is 0.329 e. The number of aliphatic carboxylic acids is 1. The van der Waals surface area contributed by atoms with Gasteiger partial charge in [-0.1, -0.05) is 25.7 Å². The highest BCUT2D eigenvalue weighted by molar-refractivity contribution is 6.00. The van der Waals surface area contributed by atoms with Crippen molar-refractivity contribution in [2.24, 2.45) is 0 Å². The molecule has 20 heavy (non-hydrogen) atoms. The number of carboxylic acids is 1. The van der Waals surface area contributed by atoms with Gasteiger partial charge in [-0.05, 0) is 25.0 Å². The largest absolute Gasteiger partial charge is 0.480 e. The summed E-state index contributed by atoms with van der Waals surface area (Å²) >= 11 is 0. The quantitative estimate of drug-likeness (QED) is 0.727. The molecule has 0 atom stereocenters. The third-order valence-corrected chi connectivity index (χ3v) is 3.77. The van der Waals surface area contributed by atoms with Crippen LogP contribution in [0, 0.1) is 0 Å². The zero-order valence-corrected chi connectivity index (χ0v) is 11.3. The molecule has 2 rings (SSSR count). The van der Waals surface area contributed by atoms with E-state index in [1.165, 1.54) is 6.20 Å². The molecule has 0 saturated heterocycles. The molecule has 1 amide bonds. The van der Waals surface area contributed by atoms with Crippen LogP contribution < -0.4 is 11.1 Å². The maximum atomic E-state index is 12.2. The fourth-order valence-electron chi connectivity index (χ4n) is 2.61. The van der Waals surface area contributed by atoms with Crippen LogP contribution in [0.3, 0.4) is 0 Å². The van der Waals surface area contributed by atoms with Gasteiger partial charge in [-0.2, -0.15) is 0 Å². The van der Waals surface area contributed by atoms with Gasteiger partial charge in [0.25, 0.3) is 5.91 Å². The highest BCUT2D eigenvalue weighted by Gasteiger charge is 2.40. The van der Waals surface area contributed by atoms with E-state index in [0.29, 0.717) is 12.8 Å². The van der Waals surface area contributed by atoms with Crippen molar-refractivity contribution < 1.29 is 14.7 Å². The fraction of sp³-hybridized carbons (Fsp3) is 0.500. The lowest BCUT2D eigenvalue weighted by molar-refractivity contribution is -0.145. The number of nitrogens with zero attached hydrogens (tertiary/aromatic N) is 1. The minimum Gasteiger partial charge on any atom is -0.480 e. The smallest absolute Gasteiger partial charge is 0.329 e. The molecule has 1 heterocycles. The van der Waals surface area contributed by atoms with Crippen LogP contribution in [0.1, 0.15) is 49.0 Å². The van der Waals surface area contributed by atoms with Crippen molar-refractivity contribution in [3.05, 3.63) is 24.0 Å². The number of carbonyl (C=O) groups excluding carboxylic acids is 1. The summed E-state index contributed by atoms with van der Waals surface area (Å²) in [4.78, 5) is 27.8. The van der Waals surface area contributed by atoms with Crippen molar-refractivity contribution >= 4 is 17.6 Å². The number of aromatic nitrogens is 1. The van der Waals surface area contributed by atoms with Gasteiger partial charge in [-0.15, -0.1) is 0 Å². The van der Waals surface area contributed by atoms with Crippen LogP contribution in [-0.2, 0) is 4.79 Å². The number of rotatable bonds is 3. The Morgan fingerprint density at radius 2 is 1.90 bits per heavy atom. The first-order chi connectivity index (χ1) is 9.55. The summed E-state index contributed by atoms with van der Waals surface area (Å²) in [5.41, 5.74) is 4.84. The van der Waals surface area contributed by atoms with Crippen LogP contribution in [0.4, 0.5) is 5.69 Å². The van der Waals surface area contributed by atoms with Gasteiger partial charge in [0.2, 0.25) is 0 Å². The van der Waals surface area contributed by atoms with E-state index in [1.54, 1.807) is 12.1 Å². The topological polar surface area (TPSA) is 105 Å². The Labute approximate surface area is 117 Å². The summed E-state index contributed by atoms with van der Waals surface area (Å²) in [5.74, 6) is -1.50. The zero-order valence-electron chi connectivity index (χ0n) is 11.3. The van der Waals surface area contributed by atoms with Gasteiger partial charge in [0.15, 0.2) is 5.69 Å². The lowest BCUT2D eigenvalue weighted by Gasteiger charge is -2.29. The minimum absolute atomic E-state index is 0.0809. The number of pyridine rings is 1. The summed E-state index contributed by atoms with van der Waals surface area (Å²) in [7, 11) is 0. The Bertz CT molecular complexity index is 508. The summed E-state index contributed by atoms with van der Waals surface area (Å²) in [6.07, 6.45) is 5.94. The molecule has 6 nitrogen and oxygen atoms in total. The Morgan fingerprint density at radius 3 is 2.45 bits per heavy atom. The number of nitrogen functional groups attached to an aromatic ring is 1. The Kier molecular flexibility index (Phi) is 4.22. The Morgan fingerprint density at radius 1 is 1.25 bits per heavy atom. The Balaban J connectivity index is 2.22. The molecule has 4 N–H and O–H groups in total. The molecule has 0 radical (unpaired) electrons. The standard InChI is InChI=1S/C14H19N3O3/c15-10-6-5-9-16-11(10)12(18)17-14(13(19)20)7-3-1-2-4-8-14/h5-6,9H,1-4,7-8,15H2,(H,17,18)(H,19,20). The van der Waals surface area contributed by atoms with E-state index in [0.717, 1.165) is 25.7 Å². The minimum atomic E-state index is -1.20. The first kappa shape index (κ1) is 14.3. The summed E-state index contributed by atoms with van der Waals surface area (Å²) in [5, 5.41) is 12.2. The first-order valence-corrected chi connectivity index (χ1v) is 6.81. The van der Waals surface area contributed by atoms with Crippen LogP contribution in [0.15, 0.2) is 18.3 Å². The van der Waals surface area contributed by atoms with E-state index in [9.17, 15) is 14.7 Å².